The molecule has 0 fully saturated rings. The van der Waals surface area contributed by atoms with Crippen LogP contribution in [-0.4, -0.2) is 21.6 Å². The van der Waals surface area contributed by atoms with Gasteiger partial charge in [0.2, 0.25) is 0 Å². The minimum absolute atomic E-state index is 0.00104. The molecule has 0 amide bonds. The Hall–Kier alpha value is -1.20. The maximum absolute atomic E-state index is 10.1. The Morgan fingerprint density at radius 3 is 2.70 bits per heavy atom. The highest BCUT2D eigenvalue weighted by Crippen LogP contribution is 2.25. The predicted octanol–water partition coefficient (Wildman–Crippen LogP) is 3.17. The van der Waals surface area contributed by atoms with Crippen molar-refractivity contribution in [2.45, 2.75) is 19.1 Å². The normalized spacial score (nSPS) is 14.0. The third-order valence-corrected chi connectivity index (χ3v) is 3.71. The number of nitrogens with zero attached hydrogens (tertiary/aromatic N) is 2. The van der Waals surface area contributed by atoms with Crippen LogP contribution in [-0.2, 0) is 0 Å². The fraction of sp³-hybridized carbons (Fsp3) is 0.286. The average Bonchev–Trinajstić information content (AvgIpc) is 2.48. The van der Waals surface area contributed by atoms with Gasteiger partial charge in [0.25, 0.3) is 0 Å². The van der Waals surface area contributed by atoms with Crippen molar-refractivity contribution in [1.29, 1.82) is 0 Å². The standard InChI is InChI=1S/C14H15Cl2N3O/c1-9(13-7-17-4-5-18-13)19-8-14(20)10-2-3-11(15)12(16)6-10/h2-7,9,14,19-20H,8H2,1H3/t9-,14-/m0/s1. The van der Waals surface area contributed by atoms with Gasteiger partial charge in [-0.05, 0) is 24.6 Å². The van der Waals surface area contributed by atoms with Crippen LogP contribution in [0.4, 0.5) is 0 Å². The second-order valence-electron chi connectivity index (χ2n) is 4.45. The zero-order valence-corrected chi connectivity index (χ0v) is 12.4. The van der Waals surface area contributed by atoms with Crippen molar-refractivity contribution in [1.82, 2.24) is 15.3 Å². The Labute approximate surface area is 127 Å². The first-order chi connectivity index (χ1) is 9.58. The van der Waals surface area contributed by atoms with Crippen molar-refractivity contribution >= 4 is 23.2 Å². The van der Waals surface area contributed by atoms with E-state index in [4.69, 9.17) is 23.2 Å². The number of hydrogen-bond donors (Lipinski definition) is 2. The molecule has 1 heterocycles. The maximum atomic E-state index is 10.1. The van der Waals surface area contributed by atoms with Gasteiger partial charge in [-0.25, -0.2) is 0 Å². The van der Waals surface area contributed by atoms with Crippen LogP contribution in [0.5, 0.6) is 0 Å². The topological polar surface area (TPSA) is 58.0 Å². The second kappa shape index (κ2) is 6.99. The summed E-state index contributed by atoms with van der Waals surface area (Å²) < 4.78 is 0. The highest BCUT2D eigenvalue weighted by atomic mass is 35.5. The van der Waals surface area contributed by atoms with Crippen LogP contribution >= 0.6 is 23.2 Å². The minimum atomic E-state index is -0.663. The SMILES string of the molecule is C[C@H](NC[C@H](O)c1ccc(Cl)c(Cl)c1)c1cnccn1. The zero-order chi connectivity index (χ0) is 14.5. The van der Waals surface area contributed by atoms with Gasteiger partial charge in [0.1, 0.15) is 0 Å². The Bertz CT molecular complexity index is 566. The summed E-state index contributed by atoms with van der Waals surface area (Å²) >= 11 is 11.8. The fourth-order valence-corrected chi connectivity index (χ4v) is 2.07. The predicted molar refractivity (Wildman–Crippen MR) is 79.9 cm³/mol. The summed E-state index contributed by atoms with van der Waals surface area (Å²) in [5.41, 5.74) is 1.55. The zero-order valence-electron chi connectivity index (χ0n) is 10.9. The molecule has 0 unspecified atom stereocenters. The van der Waals surface area contributed by atoms with E-state index in [9.17, 15) is 5.11 Å². The van der Waals surface area contributed by atoms with Crippen molar-refractivity contribution < 1.29 is 5.11 Å². The first-order valence-electron chi connectivity index (χ1n) is 6.20. The number of aliphatic hydroxyl groups excluding tert-OH is 1. The van der Waals surface area contributed by atoms with Gasteiger partial charge in [0.05, 0.1) is 21.8 Å². The second-order valence-corrected chi connectivity index (χ2v) is 5.26. The molecule has 1 aromatic carbocycles. The van der Waals surface area contributed by atoms with E-state index in [2.05, 4.69) is 15.3 Å². The van der Waals surface area contributed by atoms with E-state index in [-0.39, 0.29) is 6.04 Å². The smallest absolute Gasteiger partial charge is 0.0915 e. The molecule has 0 aliphatic carbocycles. The van der Waals surface area contributed by atoms with E-state index in [1.54, 1.807) is 36.8 Å². The summed E-state index contributed by atoms with van der Waals surface area (Å²) in [7, 11) is 0. The quantitative estimate of drug-likeness (QED) is 0.890. The van der Waals surface area contributed by atoms with Gasteiger partial charge < -0.3 is 10.4 Å². The Morgan fingerprint density at radius 1 is 1.25 bits per heavy atom. The van der Waals surface area contributed by atoms with Crippen molar-refractivity contribution in [3.8, 4) is 0 Å². The van der Waals surface area contributed by atoms with Crippen LogP contribution < -0.4 is 5.32 Å². The summed E-state index contributed by atoms with van der Waals surface area (Å²) in [5.74, 6) is 0. The number of halogens is 2. The highest BCUT2D eigenvalue weighted by molar-refractivity contribution is 6.42. The summed E-state index contributed by atoms with van der Waals surface area (Å²) in [6.45, 7) is 2.35. The van der Waals surface area contributed by atoms with Crippen LogP contribution in [0, 0.1) is 0 Å². The van der Waals surface area contributed by atoms with E-state index < -0.39 is 6.10 Å². The van der Waals surface area contributed by atoms with Crippen molar-refractivity contribution in [3.05, 3.63) is 58.1 Å². The number of benzene rings is 1. The molecule has 6 heteroatoms. The van der Waals surface area contributed by atoms with Crippen LogP contribution in [0.3, 0.4) is 0 Å². The van der Waals surface area contributed by atoms with Gasteiger partial charge in [-0.15, -0.1) is 0 Å². The first kappa shape index (κ1) is 15.2. The molecular weight excluding hydrogens is 297 g/mol. The molecule has 0 spiro atoms. The van der Waals surface area contributed by atoms with E-state index in [0.717, 1.165) is 11.3 Å². The number of aliphatic hydroxyl groups is 1. The minimum Gasteiger partial charge on any atom is -0.387 e. The lowest BCUT2D eigenvalue weighted by Crippen LogP contribution is -2.25. The molecule has 0 aliphatic rings. The maximum Gasteiger partial charge on any atom is 0.0915 e. The van der Waals surface area contributed by atoms with Crippen LogP contribution in [0.25, 0.3) is 0 Å². The van der Waals surface area contributed by atoms with E-state index in [0.29, 0.717) is 16.6 Å². The number of aromatic nitrogens is 2. The van der Waals surface area contributed by atoms with E-state index >= 15 is 0 Å². The van der Waals surface area contributed by atoms with Crippen LogP contribution in [0.1, 0.15) is 30.3 Å². The van der Waals surface area contributed by atoms with Crippen molar-refractivity contribution in [3.63, 3.8) is 0 Å². The Kier molecular flexibility index (Phi) is 5.31. The third kappa shape index (κ3) is 3.90. The first-order valence-corrected chi connectivity index (χ1v) is 6.96. The molecule has 0 aliphatic heterocycles. The van der Waals surface area contributed by atoms with Gasteiger partial charge in [-0.1, -0.05) is 29.3 Å². The molecule has 2 rings (SSSR count). The monoisotopic (exact) mass is 311 g/mol. The Balaban J connectivity index is 1.95. The summed E-state index contributed by atoms with van der Waals surface area (Å²) in [4.78, 5) is 8.23. The lowest BCUT2D eigenvalue weighted by molar-refractivity contribution is 0.170. The lowest BCUT2D eigenvalue weighted by atomic mass is 10.1. The molecule has 4 nitrogen and oxygen atoms in total. The summed E-state index contributed by atoms with van der Waals surface area (Å²) in [5, 5.41) is 14.2. The van der Waals surface area contributed by atoms with Gasteiger partial charge in [0, 0.05) is 31.2 Å². The highest BCUT2D eigenvalue weighted by Gasteiger charge is 2.12. The molecule has 106 valence electrons. The molecule has 0 radical (unpaired) electrons. The number of rotatable bonds is 5. The van der Waals surface area contributed by atoms with Crippen molar-refractivity contribution in [2.24, 2.45) is 0 Å². The molecule has 20 heavy (non-hydrogen) atoms. The molecule has 0 saturated carbocycles. The largest absolute Gasteiger partial charge is 0.387 e. The van der Waals surface area contributed by atoms with Gasteiger partial charge in [-0.2, -0.15) is 0 Å². The van der Waals surface area contributed by atoms with Gasteiger partial charge in [0.15, 0.2) is 0 Å². The molecule has 2 atom stereocenters. The molecule has 2 N–H and O–H groups in total. The number of hydrogen-bond acceptors (Lipinski definition) is 4. The average molecular weight is 312 g/mol. The molecule has 2 aromatic rings. The van der Waals surface area contributed by atoms with Crippen LogP contribution in [0.2, 0.25) is 10.0 Å². The summed E-state index contributed by atoms with van der Waals surface area (Å²) in [6, 6.07) is 5.10. The van der Waals surface area contributed by atoms with Gasteiger partial charge >= 0.3 is 0 Å². The van der Waals surface area contributed by atoms with E-state index in [1.165, 1.54) is 0 Å². The lowest BCUT2D eigenvalue weighted by Gasteiger charge is -2.17. The van der Waals surface area contributed by atoms with Crippen LogP contribution in [0.15, 0.2) is 36.8 Å². The number of nitrogens with one attached hydrogen (secondary N) is 1. The van der Waals surface area contributed by atoms with Gasteiger partial charge in [-0.3, -0.25) is 9.97 Å². The van der Waals surface area contributed by atoms with E-state index in [1.807, 2.05) is 6.92 Å². The molecule has 1 aromatic heterocycles. The Morgan fingerprint density at radius 2 is 2.05 bits per heavy atom. The summed E-state index contributed by atoms with van der Waals surface area (Å²) in [6.07, 6.45) is 4.30. The molecule has 0 bridgehead atoms. The van der Waals surface area contributed by atoms with Crippen molar-refractivity contribution in [2.75, 3.05) is 6.54 Å². The fourth-order valence-electron chi connectivity index (χ4n) is 1.76. The molecule has 0 saturated heterocycles. The third-order valence-electron chi connectivity index (χ3n) is 2.97. The molecular formula is C14H15Cl2N3O.